The van der Waals surface area contributed by atoms with Gasteiger partial charge in [-0.05, 0) is 24.3 Å². The molecule has 0 unspecified atom stereocenters. The van der Waals surface area contributed by atoms with E-state index >= 15 is 0 Å². The Kier molecular flexibility index (Phi) is 5.83. The zero-order valence-electron chi connectivity index (χ0n) is 14.4. The first-order valence-corrected chi connectivity index (χ1v) is 7.45. The van der Waals surface area contributed by atoms with Gasteiger partial charge in [0.1, 0.15) is 5.82 Å². The van der Waals surface area contributed by atoms with Gasteiger partial charge in [0.25, 0.3) is 0 Å². The second-order valence-corrected chi connectivity index (χ2v) is 5.28. The molecule has 1 heterocycles. The van der Waals surface area contributed by atoms with Crippen LogP contribution in [0.4, 0.5) is 11.5 Å². The molecule has 0 fully saturated rings. The number of aromatic nitrogens is 1. The lowest BCUT2D eigenvalue weighted by Crippen LogP contribution is -2.22. The van der Waals surface area contributed by atoms with Gasteiger partial charge in [0.15, 0.2) is 17.5 Å². The molecule has 0 bridgehead atoms. The first kappa shape index (κ1) is 17.4. The van der Waals surface area contributed by atoms with E-state index in [1.165, 1.54) is 0 Å². The predicted molar refractivity (Wildman–Crippen MR) is 97.1 cm³/mol. The van der Waals surface area contributed by atoms with Crippen molar-refractivity contribution < 1.29 is 9.47 Å². The van der Waals surface area contributed by atoms with Crippen LogP contribution in [0.25, 0.3) is 0 Å². The normalized spacial score (nSPS) is 11.1. The molecule has 2 aromatic rings. The molecule has 0 aliphatic rings. The topological polar surface area (TPSA) is 85.0 Å². The van der Waals surface area contributed by atoms with Crippen LogP contribution in [0.5, 0.6) is 11.5 Å². The summed E-state index contributed by atoms with van der Waals surface area (Å²) in [5.41, 5.74) is 7.56. The number of methoxy groups -OCH3 is 2. The summed E-state index contributed by atoms with van der Waals surface area (Å²) in [6.45, 7) is 0.397. The highest BCUT2D eigenvalue weighted by atomic mass is 16.5. The van der Waals surface area contributed by atoms with Gasteiger partial charge in [-0.2, -0.15) is 0 Å². The number of aliphatic imine (C=N–C) groups is 1. The Morgan fingerprint density at radius 1 is 1.17 bits per heavy atom. The minimum Gasteiger partial charge on any atom is -0.493 e. The Morgan fingerprint density at radius 3 is 2.58 bits per heavy atom. The van der Waals surface area contributed by atoms with E-state index in [-0.39, 0.29) is 0 Å². The molecular formula is C17H23N5O2. The Labute approximate surface area is 142 Å². The summed E-state index contributed by atoms with van der Waals surface area (Å²) < 4.78 is 10.5. The third-order valence-corrected chi connectivity index (χ3v) is 3.32. The third-order valence-electron chi connectivity index (χ3n) is 3.32. The van der Waals surface area contributed by atoms with Crippen molar-refractivity contribution >= 4 is 17.5 Å². The second kappa shape index (κ2) is 8.05. The van der Waals surface area contributed by atoms with Gasteiger partial charge in [-0.25, -0.2) is 9.98 Å². The summed E-state index contributed by atoms with van der Waals surface area (Å²) in [5, 5.41) is 3.03. The van der Waals surface area contributed by atoms with Crippen LogP contribution in [-0.2, 0) is 6.54 Å². The number of pyridine rings is 1. The zero-order chi connectivity index (χ0) is 17.5. The van der Waals surface area contributed by atoms with E-state index in [4.69, 9.17) is 15.2 Å². The van der Waals surface area contributed by atoms with Crippen LogP contribution >= 0.6 is 0 Å². The average molecular weight is 329 g/mol. The van der Waals surface area contributed by atoms with E-state index in [9.17, 15) is 0 Å². The maximum absolute atomic E-state index is 5.94. The molecule has 1 aromatic carbocycles. The highest BCUT2D eigenvalue weighted by molar-refractivity contribution is 5.92. The van der Waals surface area contributed by atoms with Gasteiger partial charge in [-0.3, -0.25) is 0 Å². The van der Waals surface area contributed by atoms with Crippen molar-refractivity contribution in [3.05, 3.63) is 42.1 Å². The highest BCUT2D eigenvalue weighted by Crippen LogP contribution is 2.29. The summed E-state index contributed by atoms with van der Waals surface area (Å²) in [6.07, 6.45) is 0. The minimum atomic E-state index is 0.305. The lowest BCUT2D eigenvalue weighted by atomic mass is 10.3. The van der Waals surface area contributed by atoms with Crippen molar-refractivity contribution in [1.29, 1.82) is 0 Å². The minimum absolute atomic E-state index is 0.305. The second-order valence-electron chi connectivity index (χ2n) is 5.28. The van der Waals surface area contributed by atoms with Crippen LogP contribution in [-0.4, -0.2) is 39.3 Å². The number of ether oxygens (including phenoxy) is 2. The molecule has 0 aliphatic heterocycles. The van der Waals surface area contributed by atoms with E-state index < -0.39 is 0 Å². The van der Waals surface area contributed by atoms with Gasteiger partial charge in [0, 0.05) is 25.8 Å². The molecule has 0 spiro atoms. The molecule has 0 saturated heterocycles. The van der Waals surface area contributed by atoms with E-state index in [1.54, 1.807) is 26.4 Å². The van der Waals surface area contributed by atoms with Gasteiger partial charge in [0.2, 0.25) is 0 Å². The Morgan fingerprint density at radius 2 is 1.92 bits per heavy atom. The first-order chi connectivity index (χ1) is 11.5. The Bertz CT molecular complexity index is 716. The fraction of sp³-hybridized carbons (Fsp3) is 0.294. The summed E-state index contributed by atoms with van der Waals surface area (Å²) >= 11 is 0. The molecule has 128 valence electrons. The van der Waals surface area contributed by atoms with Crippen LogP contribution in [0.2, 0.25) is 0 Å². The van der Waals surface area contributed by atoms with Crippen molar-refractivity contribution in [2.24, 2.45) is 10.7 Å². The number of nitrogens with zero attached hydrogens (tertiary/aromatic N) is 3. The van der Waals surface area contributed by atoms with Crippen molar-refractivity contribution in [2.45, 2.75) is 6.54 Å². The Balaban J connectivity index is 2.05. The van der Waals surface area contributed by atoms with Crippen molar-refractivity contribution in [1.82, 2.24) is 4.98 Å². The first-order valence-electron chi connectivity index (χ1n) is 7.45. The molecule has 2 rings (SSSR count). The summed E-state index contributed by atoms with van der Waals surface area (Å²) in [4.78, 5) is 10.8. The van der Waals surface area contributed by atoms with Gasteiger partial charge < -0.3 is 25.4 Å². The number of nitrogens with one attached hydrogen (secondary N) is 1. The smallest absolute Gasteiger partial charge is 0.193 e. The molecule has 24 heavy (non-hydrogen) atoms. The average Bonchev–Trinajstić information content (AvgIpc) is 2.60. The SMILES string of the molecule is COc1ccc(NC(N)=NCc2cccc(N(C)C)n2)cc1OC. The number of rotatable bonds is 6. The summed E-state index contributed by atoms with van der Waals surface area (Å²) in [6, 6.07) is 11.3. The number of guanidine groups is 1. The largest absolute Gasteiger partial charge is 0.493 e. The quantitative estimate of drug-likeness (QED) is 0.623. The van der Waals surface area contributed by atoms with Crippen LogP contribution in [0.15, 0.2) is 41.4 Å². The van der Waals surface area contributed by atoms with Crippen molar-refractivity contribution in [3.8, 4) is 11.5 Å². The maximum Gasteiger partial charge on any atom is 0.193 e. The van der Waals surface area contributed by atoms with Gasteiger partial charge >= 0.3 is 0 Å². The lowest BCUT2D eigenvalue weighted by molar-refractivity contribution is 0.355. The molecule has 0 saturated carbocycles. The molecule has 0 radical (unpaired) electrons. The number of anilines is 2. The predicted octanol–water partition coefficient (Wildman–Crippen LogP) is 2.09. The molecule has 7 heteroatoms. The number of nitrogens with two attached hydrogens (primary N) is 1. The van der Waals surface area contributed by atoms with Gasteiger partial charge in [-0.1, -0.05) is 6.07 Å². The standard InChI is InChI=1S/C17H23N5O2/c1-22(2)16-7-5-6-13(20-16)11-19-17(18)21-12-8-9-14(23-3)15(10-12)24-4/h5-10H,11H2,1-4H3,(H3,18,19,21). The zero-order valence-corrected chi connectivity index (χ0v) is 14.4. The molecule has 1 aromatic heterocycles. The Hall–Kier alpha value is -2.96. The summed E-state index contributed by atoms with van der Waals surface area (Å²) in [7, 11) is 7.07. The summed E-state index contributed by atoms with van der Waals surface area (Å²) in [5.74, 6) is 2.47. The van der Waals surface area contributed by atoms with E-state index in [0.717, 1.165) is 17.2 Å². The van der Waals surface area contributed by atoms with Crippen LogP contribution < -0.4 is 25.4 Å². The monoisotopic (exact) mass is 329 g/mol. The van der Waals surface area contributed by atoms with E-state index in [2.05, 4.69) is 15.3 Å². The van der Waals surface area contributed by atoms with Gasteiger partial charge in [0.05, 0.1) is 26.5 Å². The number of hydrogen-bond donors (Lipinski definition) is 2. The molecule has 0 amide bonds. The molecule has 0 aliphatic carbocycles. The van der Waals surface area contributed by atoms with Crippen molar-refractivity contribution in [3.63, 3.8) is 0 Å². The van der Waals surface area contributed by atoms with Gasteiger partial charge in [-0.15, -0.1) is 0 Å². The van der Waals surface area contributed by atoms with Crippen LogP contribution in [0.3, 0.4) is 0 Å². The fourth-order valence-electron chi connectivity index (χ4n) is 2.07. The fourth-order valence-corrected chi connectivity index (χ4v) is 2.07. The molecule has 3 N–H and O–H groups in total. The van der Waals surface area contributed by atoms with Crippen LogP contribution in [0.1, 0.15) is 5.69 Å². The van der Waals surface area contributed by atoms with E-state index in [0.29, 0.717) is 24.0 Å². The maximum atomic E-state index is 5.94. The van der Waals surface area contributed by atoms with Crippen LogP contribution in [0, 0.1) is 0 Å². The van der Waals surface area contributed by atoms with Crippen molar-refractivity contribution in [2.75, 3.05) is 38.5 Å². The molecule has 0 atom stereocenters. The molecule has 7 nitrogen and oxygen atoms in total. The lowest BCUT2D eigenvalue weighted by Gasteiger charge is -2.12. The third kappa shape index (κ3) is 4.52. The number of hydrogen-bond acceptors (Lipinski definition) is 5. The highest BCUT2D eigenvalue weighted by Gasteiger charge is 2.05. The van der Waals surface area contributed by atoms with E-state index in [1.807, 2.05) is 43.3 Å². The molecular weight excluding hydrogens is 306 g/mol. The number of benzene rings is 1.